The summed E-state index contributed by atoms with van der Waals surface area (Å²) in [7, 11) is 0. The Morgan fingerprint density at radius 3 is 2.80 bits per heavy atom. The fraction of sp³-hybridized carbons (Fsp3) is 0.294. The number of halogens is 4. The van der Waals surface area contributed by atoms with Crippen LogP contribution in [0.2, 0.25) is 15.1 Å². The summed E-state index contributed by atoms with van der Waals surface area (Å²) < 4.78 is 15.5. The van der Waals surface area contributed by atoms with Crippen molar-refractivity contribution in [3.8, 4) is 0 Å². The molecular weight excluding hydrogens is 390 g/mol. The number of aromatic nitrogens is 1. The van der Waals surface area contributed by atoms with E-state index in [9.17, 15) is 9.90 Å². The Morgan fingerprint density at radius 1 is 1.32 bits per heavy atom. The molecule has 1 heterocycles. The lowest BCUT2D eigenvalue weighted by molar-refractivity contribution is -0.135. The third-order valence-corrected chi connectivity index (χ3v) is 5.47. The van der Waals surface area contributed by atoms with Crippen LogP contribution in [-0.2, 0) is 17.0 Å². The molecule has 2 aromatic rings. The second kappa shape index (κ2) is 7.08. The predicted molar refractivity (Wildman–Crippen MR) is 94.5 cm³/mol. The van der Waals surface area contributed by atoms with Crippen LogP contribution in [0.4, 0.5) is 4.39 Å². The highest BCUT2D eigenvalue weighted by Crippen LogP contribution is 2.42. The Kier molecular flexibility index (Phi) is 5.21. The first-order valence-electron chi connectivity index (χ1n) is 7.57. The van der Waals surface area contributed by atoms with E-state index in [1.165, 1.54) is 18.3 Å². The van der Waals surface area contributed by atoms with Crippen molar-refractivity contribution in [1.29, 1.82) is 0 Å². The minimum atomic E-state index is -2.28. The molecule has 0 spiro atoms. The first-order valence-corrected chi connectivity index (χ1v) is 8.71. The van der Waals surface area contributed by atoms with Crippen LogP contribution < -0.4 is 5.32 Å². The van der Waals surface area contributed by atoms with Crippen molar-refractivity contribution in [2.45, 2.75) is 31.2 Å². The van der Waals surface area contributed by atoms with Crippen molar-refractivity contribution in [3.05, 3.63) is 62.4 Å². The van der Waals surface area contributed by atoms with Crippen LogP contribution >= 0.6 is 34.8 Å². The van der Waals surface area contributed by atoms with Crippen molar-refractivity contribution >= 4 is 40.7 Å². The Morgan fingerprint density at radius 2 is 2.04 bits per heavy atom. The average molecular weight is 404 g/mol. The molecule has 0 radical (unpaired) electrons. The summed E-state index contributed by atoms with van der Waals surface area (Å²) in [6.45, 7) is -0.0686. The van der Waals surface area contributed by atoms with Crippen LogP contribution in [0.15, 0.2) is 30.5 Å². The molecule has 0 fully saturated rings. The van der Waals surface area contributed by atoms with E-state index >= 15 is 4.39 Å². The molecule has 0 unspecified atom stereocenters. The molecule has 0 saturated heterocycles. The van der Waals surface area contributed by atoms with E-state index in [1.54, 1.807) is 12.1 Å². The van der Waals surface area contributed by atoms with Gasteiger partial charge in [-0.15, -0.1) is 0 Å². The standard InChI is InChI=1S/C17H14Cl3FN2O2/c18-11-3-4-12(19)14(20)9(11)8-23-16(25)17(21)6-5-13(24)15-10(17)2-1-7-22-15/h1-4,7,13,24H,5-6,8H2,(H,23,25)/t13-,17-/m0/s1. The Balaban J connectivity index is 1.85. The number of hydrogen-bond donors (Lipinski definition) is 2. The van der Waals surface area contributed by atoms with E-state index in [2.05, 4.69) is 10.3 Å². The number of hydrogen-bond acceptors (Lipinski definition) is 3. The Bertz CT molecular complexity index is 834. The molecule has 1 amide bonds. The lowest BCUT2D eigenvalue weighted by Crippen LogP contribution is -2.44. The van der Waals surface area contributed by atoms with Crippen molar-refractivity contribution in [2.75, 3.05) is 0 Å². The van der Waals surface area contributed by atoms with Gasteiger partial charge in [0.25, 0.3) is 5.91 Å². The van der Waals surface area contributed by atoms with Gasteiger partial charge in [0.2, 0.25) is 5.67 Å². The highest BCUT2D eigenvalue weighted by molar-refractivity contribution is 6.44. The Hall–Kier alpha value is -1.40. The molecule has 25 heavy (non-hydrogen) atoms. The van der Waals surface area contributed by atoms with Crippen LogP contribution in [-0.4, -0.2) is 16.0 Å². The van der Waals surface area contributed by atoms with Crippen LogP contribution in [0, 0.1) is 0 Å². The molecular formula is C17H14Cl3FN2O2. The molecule has 1 aliphatic rings. The zero-order chi connectivity index (χ0) is 18.2. The summed E-state index contributed by atoms with van der Waals surface area (Å²) in [4.78, 5) is 16.6. The monoisotopic (exact) mass is 402 g/mol. The van der Waals surface area contributed by atoms with Gasteiger partial charge in [-0.3, -0.25) is 9.78 Å². The maximum Gasteiger partial charge on any atom is 0.262 e. The van der Waals surface area contributed by atoms with Gasteiger partial charge in [-0.2, -0.15) is 0 Å². The number of carbonyl (C=O) groups excluding carboxylic acids is 1. The van der Waals surface area contributed by atoms with E-state index in [4.69, 9.17) is 34.8 Å². The smallest absolute Gasteiger partial charge is 0.262 e. The zero-order valence-electron chi connectivity index (χ0n) is 12.9. The van der Waals surface area contributed by atoms with Crippen molar-refractivity contribution in [1.82, 2.24) is 10.3 Å². The second-order valence-corrected chi connectivity index (χ2v) is 6.99. The highest BCUT2D eigenvalue weighted by Gasteiger charge is 2.46. The number of nitrogens with one attached hydrogen (secondary N) is 1. The summed E-state index contributed by atoms with van der Waals surface area (Å²) in [5.41, 5.74) is -1.60. The van der Waals surface area contributed by atoms with Crippen LogP contribution in [0.25, 0.3) is 0 Å². The number of rotatable bonds is 3. The fourth-order valence-corrected chi connectivity index (χ4v) is 3.58. The molecule has 2 N–H and O–H groups in total. The summed E-state index contributed by atoms with van der Waals surface area (Å²) in [6, 6.07) is 6.09. The van der Waals surface area contributed by atoms with Gasteiger partial charge in [-0.25, -0.2) is 4.39 Å². The molecule has 0 bridgehead atoms. The van der Waals surface area contributed by atoms with Gasteiger partial charge in [0.15, 0.2) is 0 Å². The molecule has 3 rings (SSSR count). The third kappa shape index (κ3) is 3.34. The molecule has 132 valence electrons. The number of benzene rings is 1. The quantitative estimate of drug-likeness (QED) is 0.749. The number of aliphatic hydroxyl groups excluding tert-OH is 1. The van der Waals surface area contributed by atoms with Gasteiger partial charge in [0, 0.05) is 28.9 Å². The number of carbonyl (C=O) groups is 1. The third-order valence-electron chi connectivity index (χ3n) is 4.27. The maximum absolute atomic E-state index is 15.5. The van der Waals surface area contributed by atoms with Gasteiger partial charge in [-0.1, -0.05) is 40.9 Å². The maximum atomic E-state index is 15.5. The molecule has 0 saturated carbocycles. The molecule has 0 aliphatic heterocycles. The first-order chi connectivity index (χ1) is 11.8. The largest absolute Gasteiger partial charge is 0.387 e. The SMILES string of the molecule is O=C(NCc1c(Cl)ccc(Cl)c1Cl)[C@]1(F)CC[C@H](O)c2ncccc21. The lowest BCUT2D eigenvalue weighted by Gasteiger charge is -2.32. The van der Waals surface area contributed by atoms with Gasteiger partial charge in [-0.05, 0) is 31.0 Å². The van der Waals surface area contributed by atoms with Crippen molar-refractivity contribution in [2.24, 2.45) is 0 Å². The summed E-state index contributed by atoms with van der Waals surface area (Å²) >= 11 is 18.1. The average Bonchev–Trinajstić information content (AvgIpc) is 2.61. The number of aliphatic hydroxyl groups is 1. The zero-order valence-corrected chi connectivity index (χ0v) is 15.2. The van der Waals surface area contributed by atoms with Gasteiger partial charge < -0.3 is 10.4 Å². The molecule has 1 aromatic carbocycles. The van der Waals surface area contributed by atoms with Crippen molar-refractivity contribution < 1.29 is 14.3 Å². The van der Waals surface area contributed by atoms with Crippen LogP contribution in [0.3, 0.4) is 0 Å². The van der Waals surface area contributed by atoms with Gasteiger partial charge >= 0.3 is 0 Å². The molecule has 2 atom stereocenters. The van der Waals surface area contributed by atoms with E-state index < -0.39 is 17.7 Å². The van der Waals surface area contributed by atoms with Gasteiger partial charge in [0.1, 0.15) is 0 Å². The number of nitrogens with zero attached hydrogens (tertiary/aromatic N) is 1. The molecule has 4 nitrogen and oxygen atoms in total. The van der Waals surface area contributed by atoms with E-state index in [0.29, 0.717) is 15.6 Å². The fourth-order valence-electron chi connectivity index (χ4n) is 2.90. The van der Waals surface area contributed by atoms with E-state index in [-0.39, 0.29) is 35.7 Å². The summed E-state index contributed by atoms with van der Waals surface area (Å²) in [5.74, 6) is -0.833. The topological polar surface area (TPSA) is 62.2 Å². The second-order valence-electron chi connectivity index (χ2n) is 5.80. The highest BCUT2D eigenvalue weighted by atomic mass is 35.5. The number of pyridine rings is 1. The number of amides is 1. The summed E-state index contributed by atoms with van der Waals surface area (Å²) in [6.07, 6.45) is 0.532. The molecule has 1 aliphatic carbocycles. The first kappa shape index (κ1) is 18.4. The minimum absolute atomic E-state index is 0.0686. The van der Waals surface area contributed by atoms with Gasteiger partial charge in [0.05, 0.1) is 21.8 Å². The van der Waals surface area contributed by atoms with E-state index in [1.807, 2.05) is 0 Å². The minimum Gasteiger partial charge on any atom is -0.387 e. The number of fused-ring (bicyclic) bond motifs is 1. The molecule has 8 heteroatoms. The Labute approximate surface area is 158 Å². The van der Waals surface area contributed by atoms with Crippen LogP contribution in [0.5, 0.6) is 0 Å². The number of alkyl halides is 1. The lowest BCUT2D eigenvalue weighted by atomic mass is 9.81. The van der Waals surface area contributed by atoms with Crippen molar-refractivity contribution in [3.63, 3.8) is 0 Å². The summed E-state index contributed by atoms with van der Waals surface area (Å²) in [5, 5.41) is 13.3. The predicted octanol–water partition coefficient (Wildman–Crippen LogP) is 4.35. The van der Waals surface area contributed by atoms with Crippen LogP contribution in [0.1, 0.15) is 35.8 Å². The van der Waals surface area contributed by atoms with E-state index in [0.717, 1.165) is 0 Å². The normalized spacial score (nSPS) is 22.4. The molecule has 1 aromatic heterocycles.